The molecule has 1 saturated carbocycles. The van der Waals surface area contributed by atoms with Gasteiger partial charge in [-0.05, 0) is 25.8 Å². The molecule has 1 amide bonds. The summed E-state index contributed by atoms with van der Waals surface area (Å²) in [6.45, 7) is 3.29. The van der Waals surface area contributed by atoms with Gasteiger partial charge in [0.05, 0.1) is 18.9 Å². The molecule has 2 aromatic rings. The van der Waals surface area contributed by atoms with Crippen molar-refractivity contribution in [2.24, 2.45) is 0 Å². The van der Waals surface area contributed by atoms with Crippen LogP contribution in [0.4, 0.5) is 0 Å². The number of methoxy groups -OCH3 is 1. The highest BCUT2D eigenvalue weighted by atomic mass is 32.2. The average Bonchev–Trinajstić information content (AvgIpc) is 3.13. The summed E-state index contributed by atoms with van der Waals surface area (Å²) in [6.07, 6.45) is 5.97. The van der Waals surface area contributed by atoms with Crippen molar-refractivity contribution in [3.05, 3.63) is 29.8 Å². The molecule has 1 aliphatic rings. The van der Waals surface area contributed by atoms with Crippen LogP contribution in [0.1, 0.15) is 37.7 Å². The Balaban J connectivity index is 1.71. The van der Waals surface area contributed by atoms with Crippen LogP contribution >= 0.6 is 11.8 Å². The third-order valence-corrected chi connectivity index (χ3v) is 6.30. The summed E-state index contributed by atoms with van der Waals surface area (Å²) in [7, 11) is 3.62. The number of hydrogen-bond donors (Lipinski definition) is 0. The molecule has 1 fully saturated rings. The van der Waals surface area contributed by atoms with E-state index in [4.69, 9.17) is 4.74 Å². The highest BCUT2D eigenvalue weighted by Crippen LogP contribution is 2.26. The molecule has 0 saturated heterocycles. The summed E-state index contributed by atoms with van der Waals surface area (Å²) >= 11 is 1.46. The molecule has 7 heteroatoms. The van der Waals surface area contributed by atoms with Gasteiger partial charge in [-0.1, -0.05) is 54.8 Å². The van der Waals surface area contributed by atoms with Crippen LogP contribution in [0.15, 0.2) is 29.4 Å². The summed E-state index contributed by atoms with van der Waals surface area (Å²) in [4.78, 5) is 14.6. The Morgan fingerprint density at radius 2 is 2.07 bits per heavy atom. The summed E-state index contributed by atoms with van der Waals surface area (Å²) in [5.41, 5.74) is 2.21. The second-order valence-electron chi connectivity index (χ2n) is 7.41. The molecule has 0 spiro atoms. The first-order chi connectivity index (χ1) is 13.6. The molecule has 0 unspecified atom stereocenters. The van der Waals surface area contributed by atoms with E-state index in [0.29, 0.717) is 24.9 Å². The first kappa shape index (κ1) is 20.9. The summed E-state index contributed by atoms with van der Waals surface area (Å²) in [5.74, 6) is 1.36. The molecule has 0 N–H and O–H groups in total. The Labute approximate surface area is 171 Å². The Morgan fingerprint density at radius 1 is 1.29 bits per heavy atom. The van der Waals surface area contributed by atoms with E-state index in [1.807, 2.05) is 24.1 Å². The fourth-order valence-corrected chi connectivity index (χ4v) is 4.57. The number of ether oxygens (including phenoxy) is 1. The minimum absolute atomic E-state index is 0.162. The molecular weight excluding hydrogens is 372 g/mol. The largest absolute Gasteiger partial charge is 0.383 e. The van der Waals surface area contributed by atoms with Gasteiger partial charge in [-0.2, -0.15) is 0 Å². The molecular formula is C21H30N4O2S. The third-order valence-electron chi connectivity index (χ3n) is 5.35. The van der Waals surface area contributed by atoms with Gasteiger partial charge in [0.2, 0.25) is 5.91 Å². The number of carbonyl (C=O) groups is 1. The van der Waals surface area contributed by atoms with Crippen molar-refractivity contribution >= 4 is 17.7 Å². The van der Waals surface area contributed by atoms with Crippen molar-refractivity contribution in [2.45, 2.75) is 56.8 Å². The molecule has 1 heterocycles. The lowest BCUT2D eigenvalue weighted by Crippen LogP contribution is -2.39. The maximum absolute atomic E-state index is 12.7. The van der Waals surface area contributed by atoms with Gasteiger partial charge < -0.3 is 9.64 Å². The molecule has 0 bridgehead atoms. The number of amides is 1. The van der Waals surface area contributed by atoms with E-state index in [2.05, 4.69) is 33.8 Å². The highest BCUT2D eigenvalue weighted by Gasteiger charge is 2.23. The maximum atomic E-state index is 12.7. The Hall–Kier alpha value is -1.86. The van der Waals surface area contributed by atoms with Gasteiger partial charge in [-0.25, -0.2) is 0 Å². The fraction of sp³-hybridized carbons (Fsp3) is 0.571. The van der Waals surface area contributed by atoms with Crippen molar-refractivity contribution in [3.8, 4) is 11.4 Å². The number of thioether (sulfide) groups is 1. The van der Waals surface area contributed by atoms with Gasteiger partial charge >= 0.3 is 0 Å². The summed E-state index contributed by atoms with van der Waals surface area (Å²) in [6, 6.07) is 8.61. The zero-order valence-corrected chi connectivity index (χ0v) is 17.9. The lowest BCUT2D eigenvalue weighted by molar-refractivity contribution is -0.129. The smallest absolute Gasteiger partial charge is 0.233 e. The van der Waals surface area contributed by atoms with Crippen LogP contribution in [0, 0.1) is 6.92 Å². The Morgan fingerprint density at radius 3 is 2.79 bits per heavy atom. The first-order valence-electron chi connectivity index (χ1n) is 9.97. The number of aromatic nitrogens is 3. The quantitative estimate of drug-likeness (QED) is 0.629. The lowest BCUT2D eigenvalue weighted by atomic mass is 9.94. The zero-order chi connectivity index (χ0) is 19.9. The predicted molar refractivity (Wildman–Crippen MR) is 112 cm³/mol. The van der Waals surface area contributed by atoms with Crippen LogP contribution in [0.3, 0.4) is 0 Å². The van der Waals surface area contributed by atoms with E-state index in [1.165, 1.54) is 36.6 Å². The highest BCUT2D eigenvalue weighted by molar-refractivity contribution is 7.99. The van der Waals surface area contributed by atoms with Gasteiger partial charge in [-0.3, -0.25) is 9.36 Å². The van der Waals surface area contributed by atoms with Crippen LogP contribution in [-0.4, -0.2) is 58.1 Å². The second-order valence-corrected chi connectivity index (χ2v) is 8.35. The predicted octanol–water partition coefficient (Wildman–Crippen LogP) is 3.78. The molecule has 0 aliphatic heterocycles. The molecule has 152 valence electrons. The van der Waals surface area contributed by atoms with Crippen LogP contribution in [0.2, 0.25) is 0 Å². The van der Waals surface area contributed by atoms with Crippen LogP contribution < -0.4 is 0 Å². The molecule has 6 nitrogen and oxygen atoms in total. The topological polar surface area (TPSA) is 60.2 Å². The number of benzene rings is 1. The van der Waals surface area contributed by atoms with Gasteiger partial charge in [0, 0.05) is 25.8 Å². The fourth-order valence-electron chi connectivity index (χ4n) is 3.68. The molecule has 0 radical (unpaired) electrons. The molecule has 1 aromatic heterocycles. The lowest BCUT2D eigenvalue weighted by Gasteiger charge is -2.31. The minimum Gasteiger partial charge on any atom is -0.383 e. The maximum Gasteiger partial charge on any atom is 0.233 e. The van der Waals surface area contributed by atoms with Crippen LogP contribution in [0.5, 0.6) is 0 Å². The Kier molecular flexibility index (Phi) is 7.50. The van der Waals surface area contributed by atoms with E-state index < -0.39 is 0 Å². The summed E-state index contributed by atoms with van der Waals surface area (Å²) < 4.78 is 7.32. The van der Waals surface area contributed by atoms with Crippen LogP contribution in [0.25, 0.3) is 11.4 Å². The van der Waals surface area contributed by atoms with Gasteiger partial charge in [0.1, 0.15) is 0 Å². The number of hydrogen-bond acceptors (Lipinski definition) is 5. The van der Waals surface area contributed by atoms with E-state index >= 15 is 0 Å². The van der Waals surface area contributed by atoms with Gasteiger partial charge in [0.25, 0.3) is 0 Å². The SMILES string of the molecule is COCCn1c(SCC(=O)N(C)C2CCCCC2)nnc1-c1cccc(C)c1. The van der Waals surface area contributed by atoms with Crippen molar-refractivity contribution in [1.29, 1.82) is 0 Å². The van der Waals surface area contributed by atoms with Gasteiger partial charge in [-0.15, -0.1) is 10.2 Å². The third kappa shape index (κ3) is 5.14. The molecule has 1 aliphatic carbocycles. The van der Waals surface area contributed by atoms with Crippen molar-refractivity contribution in [1.82, 2.24) is 19.7 Å². The Bertz CT molecular complexity index is 786. The monoisotopic (exact) mass is 402 g/mol. The average molecular weight is 403 g/mol. The van der Waals surface area contributed by atoms with Crippen molar-refractivity contribution in [2.75, 3.05) is 26.5 Å². The molecule has 1 aromatic carbocycles. The number of carbonyl (C=O) groups excluding carboxylic acids is 1. The second kappa shape index (κ2) is 10.1. The van der Waals surface area contributed by atoms with Crippen molar-refractivity contribution in [3.63, 3.8) is 0 Å². The van der Waals surface area contributed by atoms with E-state index in [9.17, 15) is 4.79 Å². The van der Waals surface area contributed by atoms with E-state index in [0.717, 1.165) is 29.4 Å². The van der Waals surface area contributed by atoms with E-state index in [-0.39, 0.29) is 5.91 Å². The van der Waals surface area contributed by atoms with Gasteiger partial charge in [0.15, 0.2) is 11.0 Å². The number of rotatable bonds is 8. The molecule has 3 rings (SSSR count). The van der Waals surface area contributed by atoms with E-state index in [1.54, 1.807) is 7.11 Å². The first-order valence-corrected chi connectivity index (χ1v) is 11.0. The number of aryl methyl sites for hydroxylation is 1. The number of nitrogens with zero attached hydrogens (tertiary/aromatic N) is 4. The zero-order valence-electron chi connectivity index (χ0n) is 17.1. The summed E-state index contributed by atoms with van der Waals surface area (Å²) in [5, 5.41) is 9.54. The minimum atomic E-state index is 0.162. The van der Waals surface area contributed by atoms with Crippen molar-refractivity contribution < 1.29 is 9.53 Å². The normalized spacial score (nSPS) is 15.0. The molecule has 0 atom stereocenters. The molecule has 28 heavy (non-hydrogen) atoms. The standard InChI is InChI=1S/C21H30N4O2S/c1-16-8-7-9-17(14-16)20-22-23-21(25(20)12-13-27-3)28-15-19(26)24(2)18-10-5-4-6-11-18/h7-9,14,18H,4-6,10-13,15H2,1-3H3. The van der Waals surface area contributed by atoms with Crippen LogP contribution in [-0.2, 0) is 16.1 Å².